The van der Waals surface area contributed by atoms with Gasteiger partial charge in [-0.3, -0.25) is 9.59 Å². The van der Waals surface area contributed by atoms with Gasteiger partial charge in [-0.05, 0) is 32.1 Å². The van der Waals surface area contributed by atoms with E-state index in [1.54, 1.807) is 6.92 Å². The largest absolute Gasteiger partial charge is 0.351 e. The third-order valence-corrected chi connectivity index (χ3v) is 3.67. The number of rotatable bonds is 4. The number of nitrogens with one attached hydrogen (secondary N) is 2. The SMILES string of the molecule is C[C@H](NC(=O)C1CCC1)C(=O)N[C@@H]1C[C@@H]1C. The molecule has 2 fully saturated rings. The van der Waals surface area contributed by atoms with Crippen LogP contribution in [0.3, 0.4) is 0 Å². The van der Waals surface area contributed by atoms with Crippen molar-refractivity contribution in [2.24, 2.45) is 11.8 Å². The van der Waals surface area contributed by atoms with Crippen LogP contribution < -0.4 is 10.6 Å². The molecule has 0 aromatic carbocycles. The average Bonchev–Trinajstić information content (AvgIpc) is 2.78. The molecule has 2 N–H and O–H groups in total. The first-order chi connectivity index (χ1) is 7.58. The van der Waals surface area contributed by atoms with Crippen molar-refractivity contribution < 1.29 is 9.59 Å². The van der Waals surface area contributed by atoms with E-state index < -0.39 is 6.04 Å². The van der Waals surface area contributed by atoms with Gasteiger partial charge in [0, 0.05) is 12.0 Å². The molecule has 3 atom stereocenters. The number of amides is 2. The van der Waals surface area contributed by atoms with Crippen LogP contribution in [0.1, 0.15) is 39.5 Å². The first kappa shape index (κ1) is 11.4. The maximum atomic E-state index is 11.7. The summed E-state index contributed by atoms with van der Waals surface area (Å²) < 4.78 is 0. The Morgan fingerprint density at radius 3 is 2.38 bits per heavy atom. The van der Waals surface area contributed by atoms with E-state index in [2.05, 4.69) is 17.6 Å². The lowest BCUT2D eigenvalue weighted by molar-refractivity contribution is -0.132. The number of hydrogen-bond donors (Lipinski definition) is 2. The lowest BCUT2D eigenvalue weighted by atomic mass is 9.84. The highest BCUT2D eigenvalue weighted by molar-refractivity contribution is 5.88. The summed E-state index contributed by atoms with van der Waals surface area (Å²) in [6.45, 7) is 3.86. The molecule has 0 aromatic rings. The second-order valence-electron chi connectivity index (χ2n) is 5.19. The van der Waals surface area contributed by atoms with Gasteiger partial charge in [-0.15, -0.1) is 0 Å². The zero-order valence-corrected chi connectivity index (χ0v) is 9.95. The third kappa shape index (κ3) is 2.54. The molecule has 16 heavy (non-hydrogen) atoms. The molecule has 0 spiro atoms. The van der Waals surface area contributed by atoms with Gasteiger partial charge < -0.3 is 10.6 Å². The Balaban J connectivity index is 1.71. The van der Waals surface area contributed by atoms with Crippen molar-refractivity contribution >= 4 is 11.8 Å². The predicted octanol–water partition coefficient (Wildman–Crippen LogP) is 0.816. The Morgan fingerprint density at radius 2 is 1.94 bits per heavy atom. The summed E-state index contributed by atoms with van der Waals surface area (Å²) in [6, 6.07) is -0.0727. The Bertz CT molecular complexity index is 299. The van der Waals surface area contributed by atoms with Gasteiger partial charge in [0.2, 0.25) is 11.8 Å². The van der Waals surface area contributed by atoms with E-state index in [1.165, 1.54) is 0 Å². The molecule has 0 unspecified atom stereocenters. The monoisotopic (exact) mass is 224 g/mol. The fourth-order valence-electron chi connectivity index (χ4n) is 1.90. The lowest BCUT2D eigenvalue weighted by Crippen LogP contribution is -2.48. The highest BCUT2D eigenvalue weighted by Gasteiger charge is 2.35. The maximum absolute atomic E-state index is 11.7. The van der Waals surface area contributed by atoms with E-state index >= 15 is 0 Å². The van der Waals surface area contributed by atoms with E-state index in [-0.39, 0.29) is 17.7 Å². The Morgan fingerprint density at radius 1 is 1.31 bits per heavy atom. The number of carbonyl (C=O) groups is 2. The second-order valence-corrected chi connectivity index (χ2v) is 5.19. The maximum Gasteiger partial charge on any atom is 0.242 e. The third-order valence-electron chi connectivity index (χ3n) is 3.67. The van der Waals surface area contributed by atoms with Crippen molar-refractivity contribution in [2.75, 3.05) is 0 Å². The standard InChI is InChI=1S/C12H20N2O2/c1-7-6-10(7)14-11(15)8(2)13-12(16)9-4-3-5-9/h7-10H,3-6H2,1-2H3,(H,13,16)(H,14,15)/t7-,8-,10+/m0/s1. The van der Waals surface area contributed by atoms with Crippen LogP contribution in [0, 0.1) is 11.8 Å². The fraction of sp³-hybridized carbons (Fsp3) is 0.833. The van der Waals surface area contributed by atoms with Crippen molar-refractivity contribution in [3.05, 3.63) is 0 Å². The van der Waals surface area contributed by atoms with Crippen LogP contribution in [0.4, 0.5) is 0 Å². The summed E-state index contributed by atoms with van der Waals surface area (Å²) in [5, 5.41) is 5.71. The smallest absolute Gasteiger partial charge is 0.242 e. The molecule has 2 aliphatic carbocycles. The van der Waals surface area contributed by atoms with Crippen LogP contribution >= 0.6 is 0 Å². The van der Waals surface area contributed by atoms with Crippen LogP contribution in [0.2, 0.25) is 0 Å². The molecule has 2 amide bonds. The van der Waals surface area contributed by atoms with Crippen LogP contribution in [-0.4, -0.2) is 23.9 Å². The van der Waals surface area contributed by atoms with Gasteiger partial charge in [0.25, 0.3) is 0 Å². The lowest BCUT2D eigenvalue weighted by Gasteiger charge is -2.25. The molecule has 0 radical (unpaired) electrons. The van der Waals surface area contributed by atoms with Gasteiger partial charge in [-0.25, -0.2) is 0 Å². The van der Waals surface area contributed by atoms with E-state index in [0.717, 1.165) is 25.7 Å². The number of carbonyl (C=O) groups excluding carboxylic acids is 2. The van der Waals surface area contributed by atoms with E-state index in [1.807, 2.05) is 0 Å². The highest BCUT2D eigenvalue weighted by Crippen LogP contribution is 2.29. The summed E-state index contributed by atoms with van der Waals surface area (Å²) in [5.74, 6) is 0.730. The van der Waals surface area contributed by atoms with Gasteiger partial charge in [-0.1, -0.05) is 13.3 Å². The first-order valence-corrected chi connectivity index (χ1v) is 6.18. The van der Waals surface area contributed by atoms with Gasteiger partial charge in [0.1, 0.15) is 6.04 Å². The molecule has 0 saturated heterocycles. The fourth-order valence-corrected chi connectivity index (χ4v) is 1.90. The molecule has 0 aromatic heterocycles. The summed E-state index contributed by atoms with van der Waals surface area (Å²) in [5.41, 5.74) is 0. The van der Waals surface area contributed by atoms with Crippen LogP contribution in [0.5, 0.6) is 0 Å². The molecule has 2 rings (SSSR count). The minimum atomic E-state index is -0.402. The van der Waals surface area contributed by atoms with Gasteiger partial charge >= 0.3 is 0 Å². The Labute approximate surface area is 96.2 Å². The topological polar surface area (TPSA) is 58.2 Å². The van der Waals surface area contributed by atoms with Crippen molar-refractivity contribution in [1.29, 1.82) is 0 Å². The normalized spacial score (nSPS) is 30.1. The second kappa shape index (κ2) is 4.44. The van der Waals surface area contributed by atoms with Crippen molar-refractivity contribution in [2.45, 2.75) is 51.6 Å². The molecule has 4 heteroatoms. The molecule has 90 valence electrons. The average molecular weight is 224 g/mol. The van der Waals surface area contributed by atoms with Crippen LogP contribution in [-0.2, 0) is 9.59 Å². The Hall–Kier alpha value is -1.06. The molecule has 0 bridgehead atoms. The molecule has 2 aliphatic rings. The van der Waals surface area contributed by atoms with Crippen molar-refractivity contribution in [3.63, 3.8) is 0 Å². The quantitative estimate of drug-likeness (QED) is 0.742. The molecule has 0 aliphatic heterocycles. The summed E-state index contributed by atoms with van der Waals surface area (Å²) in [6.07, 6.45) is 4.15. The molecule has 0 heterocycles. The van der Waals surface area contributed by atoms with Gasteiger partial charge in [0.05, 0.1) is 0 Å². The Kier molecular flexibility index (Phi) is 3.17. The van der Waals surface area contributed by atoms with E-state index in [9.17, 15) is 9.59 Å². The van der Waals surface area contributed by atoms with Crippen molar-refractivity contribution in [1.82, 2.24) is 10.6 Å². The molecular formula is C12H20N2O2. The molecular weight excluding hydrogens is 204 g/mol. The van der Waals surface area contributed by atoms with Gasteiger partial charge in [-0.2, -0.15) is 0 Å². The van der Waals surface area contributed by atoms with E-state index in [4.69, 9.17) is 0 Å². The van der Waals surface area contributed by atoms with E-state index in [0.29, 0.717) is 12.0 Å². The van der Waals surface area contributed by atoms with Crippen LogP contribution in [0.25, 0.3) is 0 Å². The molecule has 4 nitrogen and oxygen atoms in total. The number of hydrogen-bond acceptors (Lipinski definition) is 2. The van der Waals surface area contributed by atoms with Crippen LogP contribution in [0.15, 0.2) is 0 Å². The zero-order valence-electron chi connectivity index (χ0n) is 9.95. The minimum absolute atomic E-state index is 0.0396. The summed E-state index contributed by atoms with van der Waals surface area (Å²) >= 11 is 0. The summed E-state index contributed by atoms with van der Waals surface area (Å²) in [7, 11) is 0. The zero-order chi connectivity index (χ0) is 11.7. The predicted molar refractivity (Wildman–Crippen MR) is 60.7 cm³/mol. The molecule has 2 saturated carbocycles. The highest BCUT2D eigenvalue weighted by atomic mass is 16.2. The first-order valence-electron chi connectivity index (χ1n) is 6.18. The van der Waals surface area contributed by atoms with Gasteiger partial charge in [0.15, 0.2) is 0 Å². The minimum Gasteiger partial charge on any atom is -0.351 e. The summed E-state index contributed by atoms with van der Waals surface area (Å²) in [4.78, 5) is 23.3. The van der Waals surface area contributed by atoms with Crippen molar-refractivity contribution in [3.8, 4) is 0 Å².